The first-order valence-electron chi connectivity index (χ1n) is 4.32. The second-order valence-electron chi connectivity index (χ2n) is 3.27. The lowest BCUT2D eigenvalue weighted by Crippen LogP contribution is -2.43. The Balaban J connectivity index is 2.04. The van der Waals surface area contributed by atoms with Crippen LogP contribution in [0.1, 0.15) is 13.3 Å². The van der Waals surface area contributed by atoms with E-state index >= 15 is 0 Å². The quantitative estimate of drug-likeness (QED) is 0.638. The summed E-state index contributed by atoms with van der Waals surface area (Å²) in [6.07, 6.45) is 5.99. The molecule has 0 radical (unpaired) electrons. The Morgan fingerprint density at radius 2 is 2.54 bits per heavy atom. The molecule has 0 N–H and O–H groups in total. The SMILES string of the molecule is CCC1(/C=N/n2cncn2)COC1. The molecular formula is C8H12N4O. The second-order valence-corrected chi connectivity index (χ2v) is 3.27. The summed E-state index contributed by atoms with van der Waals surface area (Å²) in [4.78, 5) is 5.25. The van der Waals surface area contributed by atoms with E-state index in [0.29, 0.717) is 0 Å². The molecule has 2 heterocycles. The third-order valence-electron chi connectivity index (χ3n) is 2.34. The molecule has 0 saturated carbocycles. The fourth-order valence-corrected chi connectivity index (χ4v) is 1.18. The summed E-state index contributed by atoms with van der Waals surface area (Å²) < 4.78 is 5.16. The lowest BCUT2D eigenvalue weighted by atomic mass is 9.85. The molecule has 2 rings (SSSR count). The van der Waals surface area contributed by atoms with E-state index in [2.05, 4.69) is 22.1 Å². The zero-order valence-corrected chi connectivity index (χ0v) is 7.55. The van der Waals surface area contributed by atoms with Gasteiger partial charge in [0.15, 0.2) is 0 Å². The van der Waals surface area contributed by atoms with Crippen LogP contribution in [0.25, 0.3) is 0 Å². The van der Waals surface area contributed by atoms with Gasteiger partial charge in [-0.3, -0.25) is 0 Å². The van der Waals surface area contributed by atoms with E-state index in [1.807, 2.05) is 6.21 Å². The highest BCUT2D eigenvalue weighted by molar-refractivity contribution is 5.67. The van der Waals surface area contributed by atoms with Crippen molar-refractivity contribution in [2.75, 3.05) is 13.2 Å². The van der Waals surface area contributed by atoms with Crippen molar-refractivity contribution in [3.8, 4) is 0 Å². The first-order valence-corrected chi connectivity index (χ1v) is 4.32. The smallest absolute Gasteiger partial charge is 0.139 e. The number of hydrogen-bond donors (Lipinski definition) is 0. The van der Waals surface area contributed by atoms with Gasteiger partial charge in [-0.2, -0.15) is 5.10 Å². The maximum absolute atomic E-state index is 5.16. The van der Waals surface area contributed by atoms with E-state index in [9.17, 15) is 0 Å². The predicted octanol–water partition coefficient (Wildman–Crippen LogP) is 0.539. The van der Waals surface area contributed by atoms with Gasteiger partial charge in [0.2, 0.25) is 0 Å². The molecule has 1 fully saturated rings. The third kappa shape index (κ3) is 1.60. The largest absolute Gasteiger partial charge is 0.379 e. The molecule has 0 aliphatic carbocycles. The Bertz CT molecular complexity index is 284. The summed E-state index contributed by atoms with van der Waals surface area (Å²) in [5.41, 5.74) is 0.131. The van der Waals surface area contributed by atoms with Gasteiger partial charge in [-0.1, -0.05) is 6.92 Å². The molecule has 0 unspecified atom stereocenters. The molecule has 0 bridgehead atoms. The Morgan fingerprint density at radius 3 is 3.00 bits per heavy atom. The zero-order valence-electron chi connectivity index (χ0n) is 7.55. The molecule has 1 aromatic heterocycles. The maximum atomic E-state index is 5.16. The van der Waals surface area contributed by atoms with Crippen molar-refractivity contribution in [1.29, 1.82) is 0 Å². The van der Waals surface area contributed by atoms with Crippen LogP contribution in [-0.2, 0) is 4.74 Å². The highest BCUT2D eigenvalue weighted by Gasteiger charge is 2.35. The molecule has 1 aliphatic rings. The molecule has 13 heavy (non-hydrogen) atoms. The number of rotatable bonds is 3. The van der Waals surface area contributed by atoms with Crippen molar-refractivity contribution in [3.63, 3.8) is 0 Å². The van der Waals surface area contributed by atoms with Gasteiger partial charge < -0.3 is 4.74 Å². The number of ether oxygens (including phenoxy) is 1. The predicted molar refractivity (Wildman–Crippen MR) is 47.5 cm³/mol. The first kappa shape index (κ1) is 8.37. The molecule has 0 amide bonds. The molecule has 5 nitrogen and oxygen atoms in total. The van der Waals surface area contributed by atoms with E-state index < -0.39 is 0 Å². The number of hydrogen-bond acceptors (Lipinski definition) is 4. The highest BCUT2D eigenvalue weighted by Crippen LogP contribution is 2.28. The fourth-order valence-electron chi connectivity index (χ4n) is 1.18. The van der Waals surface area contributed by atoms with Crippen LogP contribution in [0.3, 0.4) is 0 Å². The zero-order chi connectivity index (χ0) is 9.15. The van der Waals surface area contributed by atoms with Crippen molar-refractivity contribution >= 4 is 6.21 Å². The fraction of sp³-hybridized carbons (Fsp3) is 0.625. The Hall–Kier alpha value is -1.23. The van der Waals surface area contributed by atoms with Crippen molar-refractivity contribution in [3.05, 3.63) is 12.7 Å². The summed E-state index contributed by atoms with van der Waals surface area (Å²) in [5, 5.41) is 8.05. The van der Waals surface area contributed by atoms with Crippen LogP contribution in [0.15, 0.2) is 17.8 Å². The van der Waals surface area contributed by atoms with Gasteiger partial charge in [0.1, 0.15) is 12.7 Å². The molecule has 0 atom stereocenters. The average Bonchev–Trinajstić information content (AvgIpc) is 2.56. The van der Waals surface area contributed by atoms with Crippen molar-refractivity contribution in [2.45, 2.75) is 13.3 Å². The van der Waals surface area contributed by atoms with Gasteiger partial charge in [0, 0.05) is 6.21 Å². The van der Waals surface area contributed by atoms with E-state index in [-0.39, 0.29) is 5.41 Å². The van der Waals surface area contributed by atoms with Crippen LogP contribution >= 0.6 is 0 Å². The van der Waals surface area contributed by atoms with Gasteiger partial charge in [0.05, 0.1) is 18.6 Å². The standard InChI is InChI=1S/C8H12N4O/c1-2-8(4-13-5-8)3-10-12-7-9-6-11-12/h3,6-7H,2,4-5H2,1H3/b10-3+. The summed E-state index contributed by atoms with van der Waals surface area (Å²) in [5.74, 6) is 0. The molecular weight excluding hydrogens is 168 g/mol. The molecule has 1 saturated heterocycles. The van der Waals surface area contributed by atoms with Crippen LogP contribution < -0.4 is 0 Å². The molecule has 70 valence electrons. The van der Waals surface area contributed by atoms with E-state index in [1.165, 1.54) is 11.1 Å². The van der Waals surface area contributed by atoms with Gasteiger partial charge >= 0.3 is 0 Å². The second kappa shape index (κ2) is 3.26. The van der Waals surface area contributed by atoms with Crippen molar-refractivity contribution in [1.82, 2.24) is 14.9 Å². The van der Waals surface area contributed by atoms with E-state index in [1.54, 1.807) is 6.33 Å². The summed E-state index contributed by atoms with van der Waals surface area (Å²) in [6, 6.07) is 0. The van der Waals surface area contributed by atoms with E-state index in [4.69, 9.17) is 4.74 Å². The van der Waals surface area contributed by atoms with Crippen LogP contribution in [0.4, 0.5) is 0 Å². The number of aromatic nitrogens is 3. The normalized spacial score (nSPS) is 20.4. The molecule has 5 heteroatoms. The maximum Gasteiger partial charge on any atom is 0.139 e. The topological polar surface area (TPSA) is 52.3 Å². The molecule has 1 aliphatic heterocycles. The van der Waals surface area contributed by atoms with E-state index in [0.717, 1.165) is 19.6 Å². The lowest BCUT2D eigenvalue weighted by molar-refractivity contribution is -0.0680. The van der Waals surface area contributed by atoms with Crippen molar-refractivity contribution < 1.29 is 4.74 Å². The third-order valence-corrected chi connectivity index (χ3v) is 2.34. The van der Waals surface area contributed by atoms with Gasteiger partial charge in [-0.15, -0.1) is 9.89 Å². The van der Waals surface area contributed by atoms with Gasteiger partial charge in [-0.25, -0.2) is 4.98 Å². The van der Waals surface area contributed by atoms with Crippen LogP contribution in [0.5, 0.6) is 0 Å². The Morgan fingerprint density at radius 1 is 1.69 bits per heavy atom. The van der Waals surface area contributed by atoms with Crippen molar-refractivity contribution in [2.24, 2.45) is 10.5 Å². The first-order chi connectivity index (χ1) is 6.35. The highest BCUT2D eigenvalue weighted by atomic mass is 16.5. The lowest BCUT2D eigenvalue weighted by Gasteiger charge is -2.36. The van der Waals surface area contributed by atoms with Gasteiger partial charge in [0.25, 0.3) is 0 Å². The van der Waals surface area contributed by atoms with Crippen LogP contribution in [0.2, 0.25) is 0 Å². The summed E-state index contributed by atoms with van der Waals surface area (Å²) >= 11 is 0. The Kier molecular flexibility index (Phi) is 2.10. The van der Waals surface area contributed by atoms with Crippen LogP contribution in [0, 0.1) is 5.41 Å². The summed E-state index contributed by atoms with van der Waals surface area (Å²) in [7, 11) is 0. The minimum absolute atomic E-state index is 0.131. The Labute approximate surface area is 76.4 Å². The molecule has 1 aromatic rings. The molecule has 0 aromatic carbocycles. The number of nitrogens with zero attached hydrogens (tertiary/aromatic N) is 4. The molecule has 0 spiro atoms. The van der Waals surface area contributed by atoms with Crippen LogP contribution in [-0.4, -0.2) is 34.3 Å². The summed E-state index contributed by atoms with van der Waals surface area (Å²) in [6.45, 7) is 3.67. The minimum atomic E-state index is 0.131. The monoisotopic (exact) mass is 180 g/mol. The minimum Gasteiger partial charge on any atom is -0.379 e. The average molecular weight is 180 g/mol. The van der Waals surface area contributed by atoms with Gasteiger partial charge in [-0.05, 0) is 6.42 Å².